The van der Waals surface area contributed by atoms with Crippen LogP contribution in [0.3, 0.4) is 0 Å². The first-order chi connectivity index (χ1) is 10.8. The van der Waals surface area contributed by atoms with E-state index in [9.17, 15) is 4.79 Å². The monoisotopic (exact) mass is 287 g/mol. The maximum atomic E-state index is 12.6. The van der Waals surface area contributed by atoms with Crippen molar-refractivity contribution in [2.75, 3.05) is 5.32 Å². The third-order valence-corrected chi connectivity index (χ3v) is 3.49. The van der Waals surface area contributed by atoms with Crippen molar-refractivity contribution >= 4 is 17.2 Å². The lowest BCUT2D eigenvalue weighted by molar-refractivity contribution is 0.0994. The Morgan fingerprint density at radius 2 is 1.32 bits per heavy atom. The molecule has 0 unspecified atom stereocenters. The van der Waals surface area contributed by atoms with Crippen molar-refractivity contribution < 1.29 is 4.79 Å². The number of rotatable bonds is 5. The Labute approximate surface area is 130 Å². The van der Waals surface area contributed by atoms with Gasteiger partial charge in [-0.3, -0.25) is 4.79 Å². The van der Waals surface area contributed by atoms with Crippen molar-refractivity contribution in [1.82, 2.24) is 0 Å². The molecule has 0 amide bonds. The highest BCUT2D eigenvalue weighted by Gasteiger charge is 2.11. The number of para-hydroxylation sites is 2. The van der Waals surface area contributed by atoms with E-state index in [1.54, 1.807) is 0 Å². The molecule has 2 heteroatoms. The van der Waals surface area contributed by atoms with Gasteiger partial charge in [-0.1, -0.05) is 60.7 Å². The van der Waals surface area contributed by atoms with Crippen LogP contribution in [0.4, 0.5) is 11.4 Å². The van der Waals surface area contributed by atoms with E-state index in [4.69, 9.17) is 0 Å². The number of carbonyl (C=O) groups is 1. The highest BCUT2D eigenvalue weighted by molar-refractivity contribution is 6.02. The number of benzene rings is 3. The Balaban J connectivity index is 1.83. The van der Waals surface area contributed by atoms with Crippen molar-refractivity contribution in [3.8, 4) is 0 Å². The number of nitrogens with one attached hydrogen (secondary N) is 1. The number of hydrogen-bond acceptors (Lipinski definition) is 2. The second-order valence-corrected chi connectivity index (χ2v) is 5.12. The van der Waals surface area contributed by atoms with Gasteiger partial charge in [0.25, 0.3) is 0 Å². The summed E-state index contributed by atoms with van der Waals surface area (Å²) in [5.74, 6) is 0.116. The SMILES string of the molecule is O=C(Cc1ccccc1)c1ccccc1Nc1ccccc1. The minimum Gasteiger partial charge on any atom is -0.355 e. The van der Waals surface area contributed by atoms with E-state index in [-0.39, 0.29) is 5.78 Å². The van der Waals surface area contributed by atoms with Gasteiger partial charge in [-0.15, -0.1) is 0 Å². The third-order valence-electron chi connectivity index (χ3n) is 3.49. The van der Waals surface area contributed by atoms with Gasteiger partial charge >= 0.3 is 0 Å². The molecule has 0 aromatic heterocycles. The molecule has 0 heterocycles. The largest absolute Gasteiger partial charge is 0.355 e. The zero-order valence-electron chi connectivity index (χ0n) is 12.2. The van der Waals surface area contributed by atoms with Crippen LogP contribution in [-0.4, -0.2) is 5.78 Å². The minimum atomic E-state index is 0.116. The highest BCUT2D eigenvalue weighted by Crippen LogP contribution is 2.22. The molecule has 108 valence electrons. The van der Waals surface area contributed by atoms with E-state index < -0.39 is 0 Å². The molecular formula is C20H17NO. The zero-order chi connectivity index (χ0) is 15.2. The molecule has 1 N–H and O–H groups in total. The quantitative estimate of drug-likeness (QED) is 0.679. The smallest absolute Gasteiger partial charge is 0.169 e. The predicted molar refractivity (Wildman–Crippen MR) is 90.6 cm³/mol. The van der Waals surface area contributed by atoms with Crippen LogP contribution in [0.1, 0.15) is 15.9 Å². The second-order valence-electron chi connectivity index (χ2n) is 5.12. The van der Waals surface area contributed by atoms with Gasteiger partial charge in [-0.2, -0.15) is 0 Å². The first-order valence-electron chi connectivity index (χ1n) is 7.31. The third kappa shape index (κ3) is 3.41. The van der Waals surface area contributed by atoms with Crippen LogP contribution in [0.2, 0.25) is 0 Å². The molecule has 3 rings (SSSR count). The number of carbonyl (C=O) groups excluding carboxylic acids is 1. The molecule has 0 saturated heterocycles. The van der Waals surface area contributed by atoms with Gasteiger partial charge in [0.05, 0.1) is 0 Å². The maximum absolute atomic E-state index is 12.6. The van der Waals surface area contributed by atoms with E-state index >= 15 is 0 Å². The maximum Gasteiger partial charge on any atom is 0.169 e. The summed E-state index contributed by atoms with van der Waals surface area (Å²) >= 11 is 0. The second kappa shape index (κ2) is 6.72. The Morgan fingerprint density at radius 1 is 0.727 bits per heavy atom. The molecule has 3 aromatic rings. The first kappa shape index (κ1) is 14.1. The zero-order valence-corrected chi connectivity index (χ0v) is 12.2. The molecule has 0 bridgehead atoms. The van der Waals surface area contributed by atoms with E-state index in [2.05, 4.69) is 5.32 Å². The van der Waals surface area contributed by atoms with Gasteiger partial charge in [0.15, 0.2) is 5.78 Å². The summed E-state index contributed by atoms with van der Waals surface area (Å²) in [6.07, 6.45) is 0.411. The Kier molecular flexibility index (Phi) is 4.30. The molecule has 0 saturated carbocycles. The van der Waals surface area contributed by atoms with Crippen LogP contribution < -0.4 is 5.32 Å². The van der Waals surface area contributed by atoms with Gasteiger partial charge in [0.1, 0.15) is 0 Å². The molecule has 0 atom stereocenters. The molecule has 0 spiro atoms. The lowest BCUT2D eigenvalue weighted by Gasteiger charge is -2.11. The molecule has 3 aromatic carbocycles. The number of hydrogen-bond donors (Lipinski definition) is 1. The molecule has 2 nitrogen and oxygen atoms in total. The average Bonchev–Trinajstić information content (AvgIpc) is 2.57. The van der Waals surface area contributed by atoms with Gasteiger partial charge < -0.3 is 5.32 Å². The normalized spacial score (nSPS) is 10.2. The Morgan fingerprint density at radius 3 is 2.05 bits per heavy atom. The Hall–Kier alpha value is -2.87. The standard InChI is InChI=1S/C20H17NO/c22-20(15-16-9-3-1-4-10-16)18-13-7-8-14-19(18)21-17-11-5-2-6-12-17/h1-14,21H,15H2. The van der Waals surface area contributed by atoms with Crippen LogP contribution in [-0.2, 0) is 6.42 Å². The first-order valence-corrected chi connectivity index (χ1v) is 7.31. The fourth-order valence-corrected chi connectivity index (χ4v) is 2.39. The van der Waals surface area contributed by atoms with Crippen molar-refractivity contribution in [2.24, 2.45) is 0 Å². The van der Waals surface area contributed by atoms with Crippen LogP contribution >= 0.6 is 0 Å². The number of Topliss-reactive ketones (excluding diaryl/α,β-unsaturated/α-hetero) is 1. The summed E-state index contributed by atoms with van der Waals surface area (Å²) in [4.78, 5) is 12.6. The van der Waals surface area contributed by atoms with E-state index in [1.165, 1.54) is 0 Å². The summed E-state index contributed by atoms with van der Waals surface area (Å²) in [5.41, 5.74) is 3.56. The van der Waals surface area contributed by atoms with E-state index in [0.717, 1.165) is 22.5 Å². The molecule has 0 fully saturated rings. The summed E-state index contributed by atoms with van der Waals surface area (Å²) in [6, 6.07) is 27.3. The molecular weight excluding hydrogens is 270 g/mol. The fourth-order valence-electron chi connectivity index (χ4n) is 2.39. The van der Waals surface area contributed by atoms with Gasteiger partial charge in [0, 0.05) is 23.4 Å². The summed E-state index contributed by atoms with van der Waals surface area (Å²) in [5, 5.41) is 3.32. The van der Waals surface area contributed by atoms with E-state index in [1.807, 2.05) is 84.9 Å². The van der Waals surface area contributed by atoms with Gasteiger partial charge in [-0.25, -0.2) is 0 Å². The molecule has 0 radical (unpaired) electrons. The van der Waals surface area contributed by atoms with Crippen molar-refractivity contribution in [3.05, 3.63) is 96.1 Å². The molecule has 22 heavy (non-hydrogen) atoms. The van der Waals surface area contributed by atoms with Crippen LogP contribution in [0.15, 0.2) is 84.9 Å². The summed E-state index contributed by atoms with van der Waals surface area (Å²) < 4.78 is 0. The lowest BCUT2D eigenvalue weighted by Crippen LogP contribution is -2.06. The molecule has 0 aliphatic rings. The number of ketones is 1. The minimum absolute atomic E-state index is 0.116. The van der Waals surface area contributed by atoms with Gasteiger partial charge in [0.2, 0.25) is 0 Å². The summed E-state index contributed by atoms with van der Waals surface area (Å²) in [7, 11) is 0. The number of anilines is 2. The molecule has 0 aliphatic carbocycles. The topological polar surface area (TPSA) is 29.1 Å². The highest BCUT2D eigenvalue weighted by atomic mass is 16.1. The van der Waals surface area contributed by atoms with E-state index in [0.29, 0.717) is 6.42 Å². The lowest BCUT2D eigenvalue weighted by atomic mass is 10.0. The molecule has 0 aliphatic heterocycles. The van der Waals surface area contributed by atoms with Gasteiger partial charge in [-0.05, 0) is 29.8 Å². The summed E-state index contributed by atoms with van der Waals surface area (Å²) in [6.45, 7) is 0. The van der Waals surface area contributed by atoms with Crippen LogP contribution in [0.25, 0.3) is 0 Å². The van der Waals surface area contributed by atoms with Crippen LogP contribution in [0, 0.1) is 0 Å². The van der Waals surface area contributed by atoms with Crippen molar-refractivity contribution in [3.63, 3.8) is 0 Å². The predicted octanol–water partition coefficient (Wildman–Crippen LogP) is 4.86. The fraction of sp³-hybridized carbons (Fsp3) is 0.0500. The Bertz CT molecular complexity index is 751. The van der Waals surface area contributed by atoms with Crippen molar-refractivity contribution in [1.29, 1.82) is 0 Å². The van der Waals surface area contributed by atoms with Crippen LogP contribution in [0.5, 0.6) is 0 Å². The average molecular weight is 287 g/mol. The van der Waals surface area contributed by atoms with Crippen molar-refractivity contribution in [2.45, 2.75) is 6.42 Å².